The molecule has 1 aromatic carbocycles. The molecule has 0 amide bonds. The predicted molar refractivity (Wildman–Crippen MR) is 110 cm³/mol. The smallest absolute Gasteiger partial charge is 0.290 e. The minimum atomic E-state index is 0.220. The predicted octanol–water partition coefficient (Wildman–Crippen LogP) is 1.56. The first kappa shape index (κ1) is 19.9. The lowest BCUT2D eigenvalue weighted by atomic mass is 10.1. The Balaban J connectivity index is 1.49. The van der Waals surface area contributed by atoms with Gasteiger partial charge < -0.3 is 24.8 Å². The Morgan fingerprint density at radius 3 is 2.68 bits per heavy atom. The highest BCUT2D eigenvalue weighted by Crippen LogP contribution is 2.35. The number of nitrogens with one attached hydrogen (secondary N) is 4. The van der Waals surface area contributed by atoms with E-state index < -0.39 is 0 Å². The van der Waals surface area contributed by atoms with Crippen LogP contribution in [0.5, 0.6) is 11.5 Å². The summed E-state index contributed by atoms with van der Waals surface area (Å²) < 4.78 is 15.8. The number of thiocarbonyl (C=S) groups is 1. The number of H-pyrrole nitrogens is 1. The van der Waals surface area contributed by atoms with Crippen LogP contribution in [0.3, 0.4) is 0 Å². The Kier molecular flexibility index (Phi) is 7.06. The van der Waals surface area contributed by atoms with Crippen molar-refractivity contribution in [3.8, 4) is 17.6 Å². The summed E-state index contributed by atoms with van der Waals surface area (Å²) >= 11 is 5.22. The fraction of sp³-hybridized carbons (Fsp3) is 0.421. The number of benzene rings is 1. The van der Waals surface area contributed by atoms with Crippen LogP contribution in [0.1, 0.15) is 18.4 Å². The zero-order chi connectivity index (χ0) is 19.8. The molecule has 3 rings (SSSR count). The van der Waals surface area contributed by atoms with Crippen LogP contribution in [0.25, 0.3) is 10.9 Å². The molecule has 8 nitrogen and oxygen atoms in total. The van der Waals surface area contributed by atoms with Gasteiger partial charge in [0.1, 0.15) is 17.1 Å². The molecule has 0 fully saturated rings. The zero-order valence-electron chi connectivity index (χ0n) is 15.8. The number of hydrogen-bond donors (Lipinski definition) is 3. The maximum absolute atomic E-state index is 9.45. The van der Waals surface area contributed by atoms with Crippen molar-refractivity contribution >= 4 is 34.1 Å². The fourth-order valence-corrected chi connectivity index (χ4v) is 3.03. The highest BCUT2D eigenvalue weighted by molar-refractivity contribution is 7.80. The van der Waals surface area contributed by atoms with Crippen molar-refractivity contribution in [2.24, 2.45) is 0 Å². The maximum Gasteiger partial charge on any atom is 0.290 e. The number of anilines is 1. The molecule has 4 N–H and O–H groups in total. The lowest BCUT2D eigenvalue weighted by Crippen LogP contribution is -2.37. The molecule has 0 spiro atoms. The molecule has 0 unspecified atom stereocenters. The third-order valence-electron chi connectivity index (χ3n) is 4.25. The van der Waals surface area contributed by atoms with Gasteiger partial charge in [0, 0.05) is 44.7 Å². The van der Waals surface area contributed by atoms with Gasteiger partial charge in [0.15, 0.2) is 16.6 Å². The van der Waals surface area contributed by atoms with Gasteiger partial charge in [-0.15, -0.1) is 0 Å². The van der Waals surface area contributed by atoms with Gasteiger partial charge in [-0.1, -0.05) is 0 Å². The van der Waals surface area contributed by atoms with Crippen LogP contribution in [0.2, 0.25) is 0 Å². The first-order valence-corrected chi connectivity index (χ1v) is 9.56. The molecular weight excluding hydrogens is 378 g/mol. The molecule has 0 saturated heterocycles. The van der Waals surface area contributed by atoms with Crippen molar-refractivity contribution in [2.75, 3.05) is 45.5 Å². The number of pyridine rings is 1. The van der Waals surface area contributed by atoms with E-state index in [2.05, 4.69) is 27.0 Å². The van der Waals surface area contributed by atoms with Crippen LogP contribution in [0.15, 0.2) is 18.2 Å². The summed E-state index contributed by atoms with van der Waals surface area (Å²) in [4.78, 5) is 3.28. The molecule has 148 valence electrons. The molecule has 0 radical (unpaired) electrons. The molecule has 1 aliphatic rings. The van der Waals surface area contributed by atoms with E-state index in [1.807, 2.05) is 18.2 Å². The summed E-state index contributed by atoms with van der Waals surface area (Å²) in [7, 11) is 1.68. The minimum Gasteiger partial charge on any atom is -0.454 e. The van der Waals surface area contributed by atoms with Crippen LogP contribution in [-0.4, -0.2) is 45.3 Å². The third kappa shape index (κ3) is 5.12. The lowest BCUT2D eigenvalue weighted by molar-refractivity contribution is -0.327. The molecule has 9 heteroatoms. The van der Waals surface area contributed by atoms with E-state index in [-0.39, 0.29) is 6.79 Å². The summed E-state index contributed by atoms with van der Waals surface area (Å²) in [5.41, 5.74) is 1.43. The first-order chi connectivity index (χ1) is 13.7. The van der Waals surface area contributed by atoms with Crippen molar-refractivity contribution in [1.29, 1.82) is 5.26 Å². The summed E-state index contributed by atoms with van der Waals surface area (Å²) in [6.45, 7) is 3.15. The van der Waals surface area contributed by atoms with E-state index >= 15 is 0 Å². The van der Waals surface area contributed by atoms with E-state index in [4.69, 9.17) is 26.4 Å². The van der Waals surface area contributed by atoms with E-state index in [0.29, 0.717) is 41.1 Å². The number of methoxy groups -OCH3 is 1. The number of hydrogen-bond acceptors (Lipinski definition) is 6. The average molecular weight is 403 g/mol. The Morgan fingerprint density at radius 2 is 1.93 bits per heavy atom. The summed E-state index contributed by atoms with van der Waals surface area (Å²) in [6.07, 6.45) is 1.76. The minimum absolute atomic E-state index is 0.220. The van der Waals surface area contributed by atoms with Crippen LogP contribution in [0, 0.1) is 11.3 Å². The molecule has 1 aromatic heterocycles. The molecule has 0 atom stereocenters. The molecule has 0 bridgehead atoms. The van der Waals surface area contributed by atoms with Gasteiger partial charge in [-0.2, -0.15) is 5.26 Å². The normalized spacial score (nSPS) is 11.9. The van der Waals surface area contributed by atoms with Crippen molar-refractivity contribution < 1.29 is 19.2 Å². The van der Waals surface area contributed by atoms with E-state index in [1.165, 1.54) is 0 Å². The molecular formula is C19H24N5O3S+. The van der Waals surface area contributed by atoms with E-state index in [1.54, 1.807) is 7.11 Å². The van der Waals surface area contributed by atoms with Gasteiger partial charge in [0.2, 0.25) is 6.79 Å². The Bertz CT molecular complexity index is 884. The quantitative estimate of drug-likeness (QED) is 0.429. The second kappa shape index (κ2) is 9.92. The maximum atomic E-state index is 9.45. The van der Waals surface area contributed by atoms with Crippen LogP contribution in [-0.2, 0) is 4.74 Å². The number of nitrogens with zero attached hydrogens (tertiary/aromatic N) is 1. The Hall–Kier alpha value is -2.83. The number of nitriles is 1. The standard InChI is InChI=1S/C19H23N5O3S/c1-25-7-3-6-23-19(28)22-5-2-4-21-18-14(11-20)8-13-9-16-17(27-12-26-16)10-15(13)24-18/h8-10H,2-7,12H2,1H3,(H,21,24)(H2,22,23,28)/p+1. The summed E-state index contributed by atoms with van der Waals surface area (Å²) in [5.74, 6) is 2.09. The second-order valence-electron chi connectivity index (χ2n) is 6.27. The van der Waals surface area contributed by atoms with Crippen molar-refractivity contribution in [1.82, 2.24) is 10.6 Å². The number of aromatic nitrogens is 1. The highest BCUT2D eigenvalue weighted by atomic mass is 32.1. The van der Waals surface area contributed by atoms with Crippen LogP contribution < -0.4 is 30.4 Å². The van der Waals surface area contributed by atoms with E-state index in [0.717, 1.165) is 36.8 Å². The monoisotopic (exact) mass is 402 g/mol. The second-order valence-corrected chi connectivity index (χ2v) is 6.68. The van der Waals surface area contributed by atoms with E-state index in [9.17, 15) is 5.26 Å². The molecule has 28 heavy (non-hydrogen) atoms. The zero-order valence-corrected chi connectivity index (χ0v) is 16.6. The topological polar surface area (TPSA) is 102 Å². The van der Waals surface area contributed by atoms with Gasteiger partial charge in [-0.05, 0) is 30.8 Å². The Labute approximate surface area is 169 Å². The van der Waals surface area contributed by atoms with Crippen molar-refractivity contribution in [3.63, 3.8) is 0 Å². The summed E-state index contributed by atoms with van der Waals surface area (Å²) in [6, 6.07) is 7.83. The van der Waals surface area contributed by atoms with Gasteiger partial charge in [0.25, 0.3) is 5.82 Å². The molecule has 0 saturated carbocycles. The van der Waals surface area contributed by atoms with Gasteiger partial charge >= 0.3 is 0 Å². The first-order valence-electron chi connectivity index (χ1n) is 9.15. The Morgan fingerprint density at radius 1 is 1.18 bits per heavy atom. The third-order valence-corrected chi connectivity index (χ3v) is 4.53. The molecule has 1 aliphatic heterocycles. The van der Waals surface area contributed by atoms with Gasteiger partial charge in [-0.3, -0.25) is 5.32 Å². The number of fused-ring (bicyclic) bond motifs is 2. The fourth-order valence-electron chi connectivity index (χ4n) is 2.83. The van der Waals surface area contributed by atoms with Crippen LogP contribution in [0.4, 0.5) is 5.82 Å². The highest BCUT2D eigenvalue weighted by Gasteiger charge is 2.18. The SMILES string of the molecule is COCCCNC(=S)NCCCNc1[nH+]c2cc3c(cc2cc1C#N)OCO3. The number of aromatic amines is 1. The molecule has 2 heterocycles. The number of ether oxygens (including phenoxy) is 3. The molecule has 0 aliphatic carbocycles. The molecule has 2 aromatic rings. The van der Waals surface area contributed by atoms with Crippen molar-refractivity contribution in [2.45, 2.75) is 12.8 Å². The number of rotatable bonds is 9. The summed E-state index contributed by atoms with van der Waals surface area (Å²) in [5, 5.41) is 20.6. The lowest BCUT2D eigenvalue weighted by Gasteiger charge is -2.09. The largest absolute Gasteiger partial charge is 0.454 e. The van der Waals surface area contributed by atoms with Crippen LogP contribution >= 0.6 is 12.2 Å². The van der Waals surface area contributed by atoms with Gasteiger partial charge in [0.05, 0.1) is 6.54 Å². The van der Waals surface area contributed by atoms with Crippen molar-refractivity contribution in [3.05, 3.63) is 23.8 Å². The van der Waals surface area contributed by atoms with Gasteiger partial charge in [-0.25, -0.2) is 4.98 Å². The average Bonchev–Trinajstić information content (AvgIpc) is 3.15.